The van der Waals surface area contributed by atoms with Crippen LogP contribution in [0.15, 0.2) is 0 Å². The van der Waals surface area contributed by atoms with Crippen LogP contribution in [-0.2, 0) is 9.59 Å². The van der Waals surface area contributed by atoms with Crippen LogP contribution < -0.4 is 5.32 Å². The molecule has 2 rings (SSSR count). The van der Waals surface area contributed by atoms with Crippen LogP contribution in [0.25, 0.3) is 0 Å². The second-order valence-electron chi connectivity index (χ2n) is 4.11. The number of hydrogen-bond donors (Lipinski definition) is 1. The molecule has 0 aromatic rings. The molecule has 1 unspecified atom stereocenters. The predicted molar refractivity (Wildman–Crippen MR) is 55.2 cm³/mol. The van der Waals surface area contributed by atoms with Crippen molar-refractivity contribution < 1.29 is 9.59 Å². The minimum atomic E-state index is -0.0400. The summed E-state index contributed by atoms with van der Waals surface area (Å²) in [5.41, 5.74) is 0. The highest BCUT2D eigenvalue weighted by atomic mass is 16.2. The molecule has 0 saturated carbocycles. The first kappa shape index (κ1) is 10.6. The van der Waals surface area contributed by atoms with E-state index in [0.717, 1.165) is 26.1 Å². The second-order valence-corrected chi connectivity index (χ2v) is 4.11. The van der Waals surface area contributed by atoms with Gasteiger partial charge in [-0.25, -0.2) is 0 Å². The minimum Gasteiger partial charge on any atom is -0.315 e. The van der Waals surface area contributed by atoms with E-state index in [0.29, 0.717) is 13.1 Å². The van der Waals surface area contributed by atoms with E-state index in [2.05, 4.69) is 5.32 Å². The lowest BCUT2D eigenvalue weighted by Crippen LogP contribution is -2.57. The Labute approximate surface area is 89.4 Å². The number of nitrogens with zero attached hydrogens (tertiary/aromatic N) is 2. The molecule has 2 fully saturated rings. The van der Waals surface area contributed by atoms with E-state index in [1.165, 1.54) is 4.90 Å². The number of carbonyl (C=O) groups excluding carboxylic acids is 2. The van der Waals surface area contributed by atoms with Crippen LogP contribution in [0, 0.1) is 0 Å². The molecule has 2 saturated heterocycles. The summed E-state index contributed by atoms with van der Waals surface area (Å²) in [6.45, 7) is 5.15. The van der Waals surface area contributed by atoms with E-state index < -0.39 is 0 Å². The summed E-state index contributed by atoms with van der Waals surface area (Å²) < 4.78 is 0. The van der Waals surface area contributed by atoms with Gasteiger partial charge in [0.15, 0.2) is 0 Å². The molecule has 5 nitrogen and oxygen atoms in total. The van der Waals surface area contributed by atoms with Crippen LogP contribution in [0.1, 0.15) is 13.3 Å². The SMILES string of the molecule is CCN1CC(=O)N(C2CCNC2)C(=O)C1. The lowest BCUT2D eigenvalue weighted by atomic mass is 10.1. The molecule has 0 radical (unpaired) electrons. The van der Waals surface area contributed by atoms with Gasteiger partial charge in [-0.15, -0.1) is 0 Å². The number of hydrogen-bond acceptors (Lipinski definition) is 4. The van der Waals surface area contributed by atoms with Gasteiger partial charge in [-0.2, -0.15) is 0 Å². The maximum atomic E-state index is 11.8. The molecule has 5 heteroatoms. The normalized spacial score (nSPS) is 28.9. The average molecular weight is 211 g/mol. The lowest BCUT2D eigenvalue weighted by molar-refractivity contribution is -0.153. The van der Waals surface area contributed by atoms with Crippen LogP contribution in [0.4, 0.5) is 0 Å². The zero-order valence-corrected chi connectivity index (χ0v) is 9.03. The molecule has 15 heavy (non-hydrogen) atoms. The van der Waals surface area contributed by atoms with E-state index >= 15 is 0 Å². The van der Waals surface area contributed by atoms with Gasteiger partial charge in [-0.1, -0.05) is 6.92 Å². The Balaban J connectivity index is 2.05. The van der Waals surface area contributed by atoms with E-state index in [1.807, 2.05) is 11.8 Å². The fourth-order valence-electron chi connectivity index (χ4n) is 2.22. The number of likely N-dealkylation sites (N-methyl/N-ethyl adjacent to an activating group) is 1. The Morgan fingerprint density at radius 3 is 2.47 bits per heavy atom. The van der Waals surface area contributed by atoms with Gasteiger partial charge >= 0.3 is 0 Å². The third-order valence-corrected chi connectivity index (χ3v) is 3.10. The van der Waals surface area contributed by atoms with Crippen LogP contribution >= 0.6 is 0 Å². The summed E-state index contributed by atoms with van der Waals surface area (Å²) >= 11 is 0. The van der Waals surface area contributed by atoms with E-state index in [-0.39, 0.29) is 17.9 Å². The Kier molecular flexibility index (Phi) is 3.02. The van der Waals surface area contributed by atoms with Crippen molar-refractivity contribution in [2.45, 2.75) is 19.4 Å². The molecule has 0 spiro atoms. The zero-order chi connectivity index (χ0) is 10.8. The van der Waals surface area contributed by atoms with Crippen molar-refractivity contribution in [3.8, 4) is 0 Å². The minimum absolute atomic E-state index is 0.0400. The summed E-state index contributed by atoms with van der Waals surface area (Å²) in [7, 11) is 0. The standard InChI is InChI=1S/C10H17N3O2/c1-2-12-6-9(14)13(10(15)7-12)8-3-4-11-5-8/h8,11H,2-7H2,1H3. The molecule has 2 aliphatic rings. The van der Waals surface area contributed by atoms with E-state index in [1.54, 1.807) is 0 Å². The number of rotatable bonds is 2. The highest BCUT2D eigenvalue weighted by Crippen LogP contribution is 2.13. The quantitative estimate of drug-likeness (QED) is 0.598. The number of carbonyl (C=O) groups is 2. The number of imide groups is 1. The predicted octanol–water partition coefficient (Wildman–Crippen LogP) is -0.961. The largest absolute Gasteiger partial charge is 0.315 e. The maximum absolute atomic E-state index is 11.8. The molecular formula is C10H17N3O2. The molecule has 0 bridgehead atoms. The Hall–Kier alpha value is -0.940. The summed E-state index contributed by atoms with van der Waals surface area (Å²) in [6.07, 6.45) is 0.892. The van der Waals surface area contributed by atoms with Crippen molar-refractivity contribution in [1.29, 1.82) is 0 Å². The average Bonchev–Trinajstić information content (AvgIpc) is 2.69. The topological polar surface area (TPSA) is 52.7 Å². The molecule has 0 aliphatic carbocycles. The number of piperazine rings is 1. The van der Waals surface area contributed by atoms with E-state index in [9.17, 15) is 9.59 Å². The van der Waals surface area contributed by atoms with Crippen molar-refractivity contribution in [1.82, 2.24) is 15.1 Å². The van der Waals surface area contributed by atoms with Crippen LogP contribution in [0.3, 0.4) is 0 Å². The molecule has 0 aromatic heterocycles. The molecule has 1 atom stereocenters. The molecule has 84 valence electrons. The lowest BCUT2D eigenvalue weighted by Gasteiger charge is -2.35. The first-order chi connectivity index (χ1) is 7.22. The van der Waals surface area contributed by atoms with Gasteiger partial charge in [0.2, 0.25) is 11.8 Å². The highest BCUT2D eigenvalue weighted by Gasteiger charge is 2.36. The molecule has 1 N–H and O–H groups in total. The van der Waals surface area contributed by atoms with Crippen molar-refractivity contribution in [2.24, 2.45) is 0 Å². The van der Waals surface area contributed by atoms with Crippen molar-refractivity contribution in [2.75, 3.05) is 32.7 Å². The van der Waals surface area contributed by atoms with Crippen molar-refractivity contribution in [3.05, 3.63) is 0 Å². The Morgan fingerprint density at radius 1 is 1.33 bits per heavy atom. The van der Waals surface area contributed by atoms with E-state index in [4.69, 9.17) is 0 Å². The van der Waals surface area contributed by atoms with Gasteiger partial charge in [0.25, 0.3) is 0 Å². The first-order valence-corrected chi connectivity index (χ1v) is 5.50. The van der Waals surface area contributed by atoms with Crippen molar-refractivity contribution >= 4 is 11.8 Å². The van der Waals surface area contributed by atoms with Gasteiger partial charge in [-0.05, 0) is 19.5 Å². The van der Waals surface area contributed by atoms with Gasteiger partial charge in [-0.3, -0.25) is 19.4 Å². The Morgan fingerprint density at radius 2 is 2.00 bits per heavy atom. The summed E-state index contributed by atoms with van der Waals surface area (Å²) in [5, 5.41) is 3.18. The van der Waals surface area contributed by atoms with Crippen LogP contribution in [0.5, 0.6) is 0 Å². The number of amides is 2. The van der Waals surface area contributed by atoms with Crippen LogP contribution in [-0.4, -0.2) is 60.4 Å². The fourth-order valence-corrected chi connectivity index (χ4v) is 2.22. The molecule has 0 aromatic carbocycles. The third kappa shape index (κ3) is 2.03. The highest BCUT2D eigenvalue weighted by molar-refractivity contribution is 5.99. The van der Waals surface area contributed by atoms with Gasteiger partial charge in [0.05, 0.1) is 19.1 Å². The van der Waals surface area contributed by atoms with Gasteiger partial charge < -0.3 is 5.32 Å². The van der Waals surface area contributed by atoms with Crippen molar-refractivity contribution in [3.63, 3.8) is 0 Å². The smallest absolute Gasteiger partial charge is 0.243 e. The third-order valence-electron chi connectivity index (χ3n) is 3.10. The molecule has 2 aliphatic heterocycles. The monoisotopic (exact) mass is 211 g/mol. The first-order valence-electron chi connectivity index (χ1n) is 5.50. The molecule has 2 amide bonds. The summed E-state index contributed by atoms with van der Waals surface area (Å²) in [4.78, 5) is 26.9. The molecular weight excluding hydrogens is 194 g/mol. The molecule has 2 heterocycles. The number of nitrogens with one attached hydrogen (secondary N) is 1. The Bertz CT molecular complexity index is 256. The summed E-state index contributed by atoms with van der Waals surface area (Å²) in [5.74, 6) is -0.0800. The van der Waals surface area contributed by atoms with Gasteiger partial charge in [0, 0.05) is 6.54 Å². The second kappa shape index (κ2) is 4.28. The fraction of sp³-hybridized carbons (Fsp3) is 0.800. The summed E-state index contributed by atoms with van der Waals surface area (Å²) in [6, 6.07) is 0.0870. The zero-order valence-electron chi connectivity index (χ0n) is 9.03. The maximum Gasteiger partial charge on any atom is 0.243 e. The van der Waals surface area contributed by atoms with Crippen LogP contribution in [0.2, 0.25) is 0 Å². The van der Waals surface area contributed by atoms with Gasteiger partial charge in [0.1, 0.15) is 0 Å².